The van der Waals surface area contributed by atoms with Gasteiger partial charge in [-0.3, -0.25) is 0 Å². The van der Waals surface area contributed by atoms with Crippen molar-refractivity contribution in [1.29, 1.82) is 0 Å². The molecular weight excluding hydrogens is 273 g/mol. The van der Waals surface area contributed by atoms with Crippen molar-refractivity contribution in [3.63, 3.8) is 0 Å². The van der Waals surface area contributed by atoms with Crippen molar-refractivity contribution in [2.75, 3.05) is 5.32 Å². The van der Waals surface area contributed by atoms with Crippen molar-refractivity contribution in [3.05, 3.63) is 29.1 Å². The summed E-state index contributed by atoms with van der Waals surface area (Å²) in [5.41, 5.74) is -3.54. The third-order valence-corrected chi connectivity index (χ3v) is 1.99. The van der Waals surface area contributed by atoms with E-state index in [9.17, 15) is 26.7 Å². The van der Waals surface area contributed by atoms with E-state index in [2.05, 4.69) is 0 Å². The van der Waals surface area contributed by atoms with Crippen LogP contribution in [0, 0.1) is 29.1 Å². The fraction of sp³-hybridized carbons (Fsp3) is 0.125. The number of hydrogen-bond acceptors (Lipinski definition) is 2. The number of hydrogen-bond donors (Lipinski definition) is 2. The number of carboxylic acids is 1. The molecule has 0 aliphatic carbocycles. The fourth-order valence-electron chi connectivity index (χ4n) is 0.920. The van der Waals surface area contributed by atoms with Gasteiger partial charge in [-0.05, 0) is 0 Å². The number of benzene rings is 1. The van der Waals surface area contributed by atoms with Gasteiger partial charge in [0.25, 0.3) is 0 Å². The highest BCUT2D eigenvalue weighted by Gasteiger charge is 2.28. The summed E-state index contributed by atoms with van der Waals surface area (Å²) >= 11 is 5.06. The first-order valence-corrected chi connectivity index (χ1v) is 4.35. The number of carbonyl (C=O) groups is 1. The van der Waals surface area contributed by atoms with Crippen LogP contribution >= 0.6 is 11.6 Å². The highest BCUT2D eigenvalue weighted by Crippen LogP contribution is 2.27. The first-order chi connectivity index (χ1) is 7.77. The summed E-state index contributed by atoms with van der Waals surface area (Å²) in [5.74, 6) is -12.8. The number of aliphatic carboxylic acids is 1. The van der Waals surface area contributed by atoms with E-state index >= 15 is 0 Å². The molecule has 0 amide bonds. The van der Waals surface area contributed by atoms with E-state index in [1.165, 1.54) is 5.32 Å². The van der Waals surface area contributed by atoms with Crippen molar-refractivity contribution >= 4 is 23.3 Å². The minimum atomic E-state index is -2.34. The first-order valence-electron chi connectivity index (χ1n) is 3.92. The van der Waals surface area contributed by atoms with Crippen molar-refractivity contribution in [1.82, 2.24) is 0 Å². The highest BCUT2D eigenvalue weighted by atomic mass is 35.5. The maximum absolute atomic E-state index is 13.0. The van der Waals surface area contributed by atoms with Crippen LogP contribution < -0.4 is 5.32 Å². The number of nitrogens with one attached hydrogen (secondary N) is 1. The predicted octanol–water partition coefficient (Wildman–Crippen LogP) is 2.44. The van der Waals surface area contributed by atoms with Gasteiger partial charge in [-0.1, -0.05) is 11.6 Å². The highest BCUT2D eigenvalue weighted by molar-refractivity contribution is 6.30. The molecule has 0 spiro atoms. The van der Waals surface area contributed by atoms with Gasteiger partial charge in [-0.15, -0.1) is 0 Å². The Balaban J connectivity index is 3.30. The zero-order valence-corrected chi connectivity index (χ0v) is 8.46. The molecule has 1 aromatic carbocycles. The molecule has 3 nitrogen and oxygen atoms in total. The standard InChI is InChI=1S/C8H3ClF5NO2/c9-7(8(16)17)15-6-4(13)2(11)1(10)3(12)5(6)14/h7,15H,(H,16,17). The number of alkyl halides is 1. The van der Waals surface area contributed by atoms with Gasteiger partial charge in [0.05, 0.1) is 0 Å². The van der Waals surface area contributed by atoms with E-state index in [1.54, 1.807) is 0 Å². The zero-order chi connectivity index (χ0) is 13.3. The molecule has 2 N–H and O–H groups in total. The number of carboxylic acid groups (broad SMARTS) is 1. The zero-order valence-electron chi connectivity index (χ0n) is 7.70. The van der Waals surface area contributed by atoms with E-state index in [1.807, 2.05) is 0 Å². The van der Waals surface area contributed by atoms with Crippen LogP contribution in [0.1, 0.15) is 0 Å². The average Bonchev–Trinajstić information content (AvgIpc) is 2.29. The molecule has 1 atom stereocenters. The van der Waals surface area contributed by atoms with E-state index in [4.69, 9.17) is 16.7 Å². The summed E-state index contributed by atoms with van der Waals surface area (Å²) in [6, 6.07) is 0. The molecule has 1 unspecified atom stereocenters. The average molecular weight is 276 g/mol. The summed E-state index contributed by atoms with van der Waals surface area (Å²) in [6.45, 7) is 0. The van der Waals surface area contributed by atoms with Crippen molar-refractivity contribution in [2.45, 2.75) is 5.50 Å². The summed E-state index contributed by atoms with van der Waals surface area (Å²) in [6.07, 6.45) is 0. The van der Waals surface area contributed by atoms with Crippen LogP contribution in [0.15, 0.2) is 0 Å². The maximum Gasteiger partial charge on any atom is 0.341 e. The summed E-state index contributed by atoms with van der Waals surface area (Å²) in [4.78, 5) is 10.3. The first kappa shape index (κ1) is 13.5. The Morgan fingerprint density at radius 1 is 1.00 bits per heavy atom. The Kier molecular flexibility index (Phi) is 3.76. The molecule has 94 valence electrons. The Labute approximate surface area is 95.8 Å². The Morgan fingerprint density at radius 3 is 1.71 bits per heavy atom. The molecule has 0 heterocycles. The molecule has 0 aliphatic heterocycles. The van der Waals surface area contributed by atoms with Gasteiger partial charge in [0.15, 0.2) is 28.8 Å². The van der Waals surface area contributed by atoms with Gasteiger partial charge in [0, 0.05) is 0 Å². The normalized spacial score (nSPS) is 12.4. The molecule has 0 radical (unpaired) electrons. The van der Waals surface area contributed by atoms with Crippen LogP contribution in [-0.2, 0) is 4.79 Å². The number of rotatable bonds is 3. The topological polar surface area (TPSA) is 49.3 Å². The smallest absolute Gasteiger partial charge is 0.341 e. The van der Waals surface area contributed by atoms with Crippen molar-refractivity contribution in [2.24, 2.45) is 0 Å². The van der Waals surface area contributed by atoms with Crippen LogP contribution in [0.5, 0.6) is 0 Å². The largest absolute Gasteiger partial charge is 0.479 e. The third-order valence-electron chi connectivity index (χ3n) is 1.70. The third kappa shape index (κ3) is 2.41. The van der Waals surface area contributed by atoms with Gasteiger partial charge in [0.1, 0.15) is 5.69 Å². The second kappa shape index (κ2) is 4.74. The summed E-state index contributed by atoms with van der Waals surface area (Å²) in [7, 11) is 0. The molecule has 0 aliphatic rings. The van der Waals surface area contributed by atoms with E-state index in [-0.39, 0.29) is 0 Å². The molecule has 1 rings (SSSR count). The molecule has 0 saturated heterocycles. The number of halogens is 6. The molecule has 0 saturated carbocycles. The Morgan fingerprint density at radius 2 is 1.35 bits per heavy atom. The van der Waals surface area contributed by atoms with Gasteiger partial charge < -0.3 is 10.4 Å². The molecule has 0 aromatic heterocycles. The van der Waals surface area contributed by atoms with Gasteiger partial charge in [0.2, 0.25) is 5.82 Å². The van der Waals surface area contributed by atoms with Gasteiger partial charge in [-0.2, -0.15) is 0 Å². The number of anilines is 1. The Bertz CT molecular complexity index is 452. The van der Waals surface area contributed by atoms with Crippen LogP contribution in [-0.4, -0.2) is 16.6 Å². The SMILES string of the molecule is O=C(O)C(Cl)Nc1c(F)c(F)c(F)c(F)c1F. The fourth-order valence-corrected chi connectivity index (χ4v) is 1.03. The summed E-state index contributed by atoms with van der Waals surface area (Å²) < 4.78 is 63.9. The lowest BCUT2D eigenvalue weighted by molar-refractivity contribution is -0.136. The van der Waals surface area contributed by atoms with Gasteiger partial charge in [-0.25, -0.2) is 26.7 Å². The van der Waals surface area contributed by atoms with Gasteiger partial charge >= 0.3 is 5.97 Å². The molecule has 0 bridgehead atoms. The lowest BCUT2D eigenvalue weighted by Crippen LogP contribution is -2.25. The second-order valence-corrected chi connectivity index (χ2v) is 3.23. The molecular formula is C8H3ClF5NO2. The van der Waals surface area contributed by atoms with Crippen LogP contribution in [0.3, 0.4) is 0 Å². The second-order valence-electron chi connectivity index (χ2n) is 2.79. The van der Waals surface area contributed by atoms with E-state index in [0.29, 0.717) is 0 Å². The monoisotopic (exact) mass is 275 g/mol. The lowest BCUT2D eigenvalue weighted by atomic mass is 10.2. The minimum absolute atomic E-state index is 1.46. The van der Waals surface area contributed by atoms with Crippen molar-refractivity contribution in [3.8, 4) is 0 Å². The molecule has 17 heavy (non-hydrogen) atoms. The van der Waals surface area contributed by atoms with E-state index < -0.39 is 46.2 Å². The maximum atomic E-state index is 13.0. The molecule has 1 aromatic rings. The predicted molar refractivity (Wildman–Crippen MR) is 47.1 cm³/mol. The molecule has 0 fully saturated rings. The van der Waals surface area contributed by atoms with Crippen LogP contribution in [0.2, 0.25) is 0 Å². The minimum Gasteiger partial charge on any atom is -0.479 e. The van der Waals surface area contributed by atoms with Crippen LogP contribution in [0.4, 0.5) is 27.6 Å². The van der Waals surface area contributed by atoms with Crippen molar-refractivity contribution < 1.29 is 31.9 Å². The Hall–Kier alpha value is -1.57. The van der Waals surface area contributed by atoms with Crippen LogP contribution in [0.25, 0.3) is 0 Å². The summed E-state index contributed by atoms with van der Waals surface area (Å²) in [5, 5.41) is 9.77. The molecule has 9 heteroatoms. The quantitative estimate of drug-likeness (QED) is 0.293. The van der Waals surface area contributed by atoms with E-state index in [0.717, 1.165) is 0 Å². The lowest BCUT2D eigenvalue weighted by Gasteiger charge is -2.12.